The minimum Gasteiger partial charge on any atom is -0.497 e. The van der Waals surface area contributed by atoms with Crippen molar-refractivity contribution in [1.29, 1.82) is 0 Å². The molecule has 144 valence electrons. The lowest BCUT2D eigenvalue weighted by molar-refractivity contribution is -0.144. The fourth-order valence-electron chi connectivity index (χ4n) is 3.39. The number of nitrogens with zero attached hydrogens (tertiary/aromatic N) is 2. The first-order chi connectivity index (χ1) is 13.0. The summed E-state index contributed by atoms with van der Waals surface area (Å²) in [6, 6.07) is 3.84. The molecular weight excluding hydrogens is 354 g/mol. The fraction of sp³-hybridized carbons (Fsp3) is 0.444. The Hall–Kier alpha value is -3.10. The number of nitrogens with one attached hydrogen (secondary N) is 1. The lowest BCUT2D eigenvalue weighted by Crippen LogP contribution is -2.41. The first-order valence-electron chi connectivity index (χ1n) is 8.67. The minimum atomic E-state index is -0.973. The van der Waals surface area contributed by atoms with Crippen LogP contribution in [0.5, 0.6) is 11.5 Å². The van der Waals surface area contributed by atoms with Gasteiger partial charge >= 0.3 is 17.8 Å². The predicted molar refractivity (Wildman–Crippen MR) is 94.4 cm³/mol. The zero-order chi connectivity index (χ0) is 19.6. The van der Waals surface area contributed by atoms with E-state index in [1.807, 2.05) is 0 Å². The zero-order valence-corrected chi connectivity index (χ0v) is 15.2. The van der Waals surface area contributed by atoms with E-state index >= 15 is 0 Å². The Morgan fingerprint density at radius 3 is 2.44 bits per heavy atom. The number of anilines is 1. The summed E-state index contributed by atoms with van der Waals surface area (Å²) in [6.07, 6.45) is 3.19. The monoisotopic (exact) mass is 375 g/mol. The molecule has 27 heavy (non-hydrogen) atoms. The van der Waals surface area contributed by atoms with Crippen molar-refractivity contribution < 1.29 is 28.7 Å². The average molecular weight is 375 g/mol. The number of methoxy groups -OCH3 is 2. The Morgan fingerprint density at radius 2 is 1.81 bits per heavy atom. The van der Waals surface area contributed by atoms with Gasteiger partial charge in [-0.3, -0.25) is 19.3 Å². The van der Waals surface area contributed by atoms with Gasteiger partial charge in [-0.05, 0) is 25.0 Å². The van der Waals surface area contributed by atoms with Crippen LogP contribution < -0.4 is 14.8 Å². The van der Waals surface area contributed by atoms with Crippen molar-refractivity contribution in [3.05, 3.63) is 18.2 Å². The molecule has 0 radical (unpaired) electrons. The van der Waals surface area contributed by atoms with Gasteiger partial charge in [0.2, 0.25) is 5.91 Å². The molecule has 1 saturated heterocycles. The van der Waals surface area contributed by atoms with Crippen LogP contribution in [0.2, 0.25) is 0 Å². The van der Waals surface area contributed by atoms with Crippen LogP contribution in [-0.4, -0.2) is 60.4 Å². The van der Waals surface area contributed by atoms with Crippen LogP contribution in [0.15, 0.2) is 18.2 Å². The molecule has 1 saturated carbocycles. The summed E-state index contributed by atoms with van der Waals surface area (Å²) in [6.45, 7) is -0.549. The second-order valence-corrected chi connectivity index (χ2v) is 6.40. The van der Waals surface area contributed by atoms with E-state index in [-0.39, 0.29) is 6.04 Å². The van der Waals surface area contributed by atoms with Crippen LogP contribution >= 0.6 is 0 Å². The second kappa shape index (κ2) is 7.65. The Bertz CT molecular complexity index is 787. The summed E-state index contributed by atoms with van der Waals surface area (Å²) >= 11 is 0. The number of ether oxygens (including phenoxy) is 2. The maximum Gasteiger partial charge on any atom is 0.334 e. The molecule has 3 rings (SSSR count). The van der Waals surface area contributed by atoms with Gasteiger partial charge in [-0.15, -0.1) is 0 Å². The SMILES string of the molecule is COc1ccc(OC)c(NC(=O)CN2C(=O)C(=O)N(C3CCCC3)C2=O)c1. The van der Waals surface area contributed by atoms with Gasteiger partial charge in [0.15, 0.2) is 0 Å². The zero-order valence-electron chi connectivity index (χ0n) is 15.2. The highest BCUT2D eigenvalue weighted by molar-refractivity contribution is 6.45. The molecule has 2 fully saturated rings. The van der Waals surface area contributed by atoms with E-state index in [1.54, 1.807) is 18.2 Å². The van der Waals surface area contributed by atoms with E-state index in [9.17, 15) is 19.2 Å². The molecule has 1 aliphatic carbocycles. The van der Waals surface area contributed by atoms with Crippen molar-refractivity contribution in [3.8, 4) is 11.5 Å². The summed E-state index contributed by atoms with van der Waals surface area (Å²) in [5.41, 5.74) is 0.333. The van der Waals surface area contributed by atoms with Crippen LogP contribution in [0.25, 0.3) is 0 Å². The third kappa shape index (κ3) is 3.57. The van der Waals surface area contributed by atoms with Crippen molar-refractivity contribution >= 4 is 29.4 Å². The Morgan fingerprint density at radius 1 is 1.11 bits per heavy atom. The van der Waals surface area contributed by atoms with Crippen molar-refractivity contribution in [1.82, 2.24) is 9.80 Å². The standard InChI is InChI=1S/C18H21N3O6/c1-26-12-7-8-14(27-2)13(9-12)19-15(22)10-20-16(23)17(24)21(18(20)25)11-5-3-4-6-11/h7-9,11H,3-6,10H2,1-2H3,(H,19,22). The van der Waals surface area contributed by atoms with Gasteiger partial charge in [0, 0.05) is 12.1 Å². The molecule has 1 aromatic carbocycles. The number of benzene rings is 1. The number of carbonyl (C=O) groups excluding carboxylic acids is 4. The minimum absolute atomic E-state index is 0.263. The number of imide groups is 2. The summed E-state index contributed by atoms with van der Waals surface area (Å²) in [4.78, 5) is 50.9. The number of rotatable bonds is 6. The van der Waals surface area contributed by atoms with Gasteiger partial charge in [0.25, 0.3) is 0 Å². The quantitative estimate of drug-likeness (QED) is 0.595. The molecule has 1 heterocycles. The highest BCUT2D eigenvalue weighted by Crippen LogP contribution is 2.30. The topological polar surface area (TPSA) is 105 Å². The van der Waals surface area contributed by atoms with Gasteiger partial charge in [-0.2, -0.15) is 0 Å². The van der Waals surface area contributed by atoms with Crippen LogP contribution in [0.1, 0.15) is 25.7 Å². The largest absolute Gasteiger partial charge is 0.497 e. The third-order valence-corrected chi connectivity index (χ3v) is 4.76. The highest BCUT2D eigenvalue weighted by Gasteiger charge is 2.48. The van der Waals surface area contributed by atoms with Crippen molar-refractivity contribution in [2.75, 3.05) is 26.1 Å². The number of urea groups is 1. The molecule has 1 aliphatic heterocycles. The molecular formula is C18H21N3O6. The first-order valence-corrected chi connectivity index (χ1v) is 8.67. The van der Waals surface area contributed by atoms with Crippen LogP contribution in [0.4, 0.5) is 10.5 Å². The van der Waals surface area contributed by atoms with Gasteiger partial charge in [0.1, 0.15) is 18.0 Å². The molecule has 2 aliphatic rings. The molecule has 0 aromatic heterocycles. The summed E-state index contributed by atoms with van der Waals surface area (Å²) < 4.78 is 10.3. The Balaban J connectivity index is 1.71. The molecule has 0 bridgehead atoms. The summed E-state index contributed by atoms with van der Waals surface area (Å²) in [5.74, 6) is -1.56. The van der Waals surface area contributed by atoms with Crippen LogP contribution in [0, 0.1) is 0 Å². The van der Waals surface area contributed by atoms with Crippen molar-refractivity contribution in [2.24, 2.45) is 0 Å². The molecule has 9 nitrogen and oxygen atoms in total. The molecule has 0 unspecified atom stereocenters. The number of carbonyl (C=O) groups is 4. The second-order valence-electron chi connectivity index (χ2n) is 6.40. The number of hydrogen-bond acceptors (Lipinski definition) is 6. The lowest BCUT2D eigenvalue weighted by Gasteiger charge is -2.21. The Labute approximate surface area is 156 Å². The number of hydrogen-bond donors (Lipinski definition) is 1. The normalized spacial score (nSPS) is 17.6. The molecule has 0 atom stereocenters. The first kappa shape index (κ1) is 18.7. The molecule has 1 N–H and O–H groups in total. The summed E-state index contributed by atoms with van der Waals surface area (Å²) in [7, 11) is 2.93. The van der Waals surface area contributed by atoms with E-state index < -0.39 is 30.3 Å². The predicted octanol–water partition coefficient (Wildman–Crippen LogP) is 1.38. The van der Waals surface area contributed by atoms with Gasteiger partial charge < -0.3 is 14.8 Å². The Kier molecular flexibility index (Phi) is 5.29. The van der Waals surface area contributed by atoms with Gasteiger partial charge in [0.05, 0.1) is 19.9 Å². The highest BCUT2D eigenvalue weighted by atomic mass is 16.5. The maximum atomic E-state index is 12.5. The van der Waals surface area contributed by atoms with Crippen LogP contribution in [-0.2, 0) is 14.4 Å². The average Bonchev–Trinajstić information content (AvgIpc) is 3.25. The smallest absolute Gasteiger partial charge is 0.334 e. The molecule has 0 spiro atoms. The van der Waals surface area contributed by atoms with Crippen LogP contribution in [0.3, 0.4) is 0 Å². The fourth-order valence-corrected chi connectivity index (χ4v) is 3.39. The van der Waals surface area contributed by atoms with E-state index in [2.05, 4.69) is 5.32 Å². The lowest BCUT2D eigenvalue weighted by atomic mass is 10.2. The van der Waals surface area contributed by atoms with Crippen molar-refractivity contribution in [2.45, 2.75) is 31.7 Å². The molecule has 1 aromatic rings. The summed E-state index contributed by atoms with van der Waals surface area (Å²) in [5, 5.41) is 2.58. The van der Waals surface area contributed by atoms with E-state index in [0.717, 1.165) is 17.7 Å². The maximum absolute atomic E-state index is 12.5. The van der Waals surface area contributed by atoms with Crippen molar-refractivity contribution in [3.63, 3.8) is 0 Å². The van der Waals surface area contributed by atoms with Gasteiger partial charge in [-0.25, -0.2) is 9.69 Å². The molecule has 5 amide bonds. The van der Waals surface area contributed by atoms with E-state index in [1.165, 1.54) is 14.2 Å². The number of amides is 5. The van der Waals surface area contributed by atoms with E-state index in [4.69, 9.17) is 9.47 Å². The third-order valence-electron chi connectivity index (χ3n) is 4.76. The van der Waals surface area contributed by atoms with E-state index in [0.29, 0.717) is 34.9 Å². The van der Waals surface area contributed by atoms with Gasteiger partial charge in [-0.1, -0.05) is 12.8 Å². The molecule has 9 heteroatoms.